The minimum absolute atomic E-state index is 0.851. The van der Waals surface area contributed by atoms with Gasteiger partial charge in [-0.1, -0.05) is 11.6 Å². The van der Waals surface area contributed by atoms with Gasteiger partial charge in [-0.25, -0.2) is 4.98 Å². The molecule has 2 heterocycles. The maximum Gasteiger partial charge on any atom is 0.202 e. The van der Waals surface area contributed by atoms with Crippen LogP contribution in [0.4, 0.5) is 5.13 Å². The second-order valence-corrected chi connectivity index (χ2v) is 4.39. The number of rotatable bonds is 4. The summed E-state index contributed by atoms with van der Waals surface area (Å²) < 4.78 is 4.13. The molecular formula is C10H16N4S. The molecule has 1 aliphatic rings. The topological polar surface area (TPSA) is 49.8 Å². The van der Waals surface area contributed by atoms with Crippen LogP contribution in [0.2, 0.25) is 0 Å². The van der Waals surface area contributed by atoms with Gasteiger partial charge >= 0.3 is 0 Å². The Morgan fingerprint density at radius 2 is 2.53 bits per heavy atom. The lowest BCUT2D eigenvalue weighted by Gasteiger charge is -2.13. The molecule has 0 aromatic carbocycles. The van der Waals surface area contributed by atoms with Gasteiger partial charge in [0, 0.05) is 24.6 Å². The number of hydrogen-bond donors (Lipinski definition) is 2. The van der Waals surface area contributed by atoms with E-state index in [1.165, 1.54) is 18.0 Å². The first-order valence-electron chi connectivity index (χ1n) is 5.27. The Bertz CT molecular complexity index is 345. The number of aromatic nitrogens is 2. The van der Waals surface area contributed by atoms with Crippen LogP contribution >= 0.6 is 11.5 Å². The van der Waals surface area contributed by atoms with Crippen LogP contribution in [0.25, 0.3) is 0 Å². The van der Waals surface area contributed by atoms with Gasteiger partial charge in [0.2, 0.25) is 5.13 Å². The van der Waals surface area contributed by atoms with E-state index in [1.54, 1.807) is 5.57 Å². The molecule has 0 amide bonds. The van der Waals surface area contributed by atoms with Gasteiger partial charge in [-0.2, -0.15) is 4.37 Å². The maximum atomic E-state index is 4.26. The van der Waals surface area contributed by atoms with Crippen molar-refractivity contribution in [2.45, 2.75) is 19.8 Å². The summed E-state index contributed by atoms with van der Waals surface area (Å²) >= 11 is 1.43. The zero-order valence-corrected chi connectivity index (χ0v) is 9.73. The van der Waals surface area contributed by atoms with Gasteiger partial charge in [0.05, 0.1) is 0 Å². The van der Waals surface area contributed by atoms with E-state index in [9.17, 15) is 0 Å². The molecule has 0 unspecified atom stereocenters. The van der Waals surface area contributed by atoms with Gasteiger partial charge in [0.25, 0.3) is 0 Å². The van der Waals surface area contributed by atoms with Gasteiger partial charge in [0.15, 0.2) is 0 Å². The Morgan fingerprint density at radius 3 is 3.20 bits per heavy atom. The molecule has 2 rings (SSSR count). The van der Waals surface area contributed by atoms with Crippen LogP contribution in [0.5, 0.6) is 0 Å². The first-order valence-corrected chi connectivity index (χ1v) is 6.05. The van der Waals surface area contributed by atoms with Gasteiger partial charge in [-0.3, -0.25) is 0 Å². The van der Waals surface area contributed by atoms with Gasteiger partial charge in [0.1, 0.15) is 5.82 Å². The highest BCUT2D eigenvalue weighted by Gasteiger charge is 2.03. The smallest absolute Gasteiger partial charge is 0.202 e. The number of nitrogens with zero attached hydrogens (tertiary/aromatic N) is 2. The van der Waals surface area contributed by atoms with E-state index >= 15 is 0 Å². The first kappa shape index (κ1) is 10.6. The molecule has 5 heteroatoms. The molecular weight excluding hydrogens is 208 g/mol. The highest BCUT2D eigenvalue weighted by molar-refractivity contribution is 7.09. The van der Waals surface area contributed by atoms with E-state index in [0.717, 1.165) is 37.0 Å². The second kappa shape index (κ2) is 5.23. The Hall–Kier alpha value is -0.940. The summed E-state index contributed by atoms with van der Waals surface area (Å²) in [5, 5.41) is 7.54. The first-order chi connectivity index (χ1) is 7.34. The van der Waals surface area contributed by atoms with E-state index < -0.39 is 0 Å². The van der Waals surface area contributed by atoms with E-state index in [0.29, 0.717) is 0 Å². The molecule has 4 nitrogen and oxygen atoms in total. The fourth-order valence-corrected chi connectivity index (χ4v) is 2.19. The Kier molecular flexibility index (Phi) is 3.69. The van der Waals surface area contributed by atoms with Gasteiger partial charge in [-0.15, -0.1) is 0 Å². The van der Waals surface area contributed by atoms with Crippen molar-refractivity contribution in [3.63, 3.8) is 0 Å². The third kappa shape index (κ3) is 3.28. The van der Waals surface area contributed by atoms with Crippen LogP contribution in [0.1, 0.15) is 18.7 Å². The van der Waals surface area contributed by atoms with Crippen LogP contribution < -0.4 is 10.6 Å². The lowest BCUT2D eigenvalue weighted by Crippen LogP contribution is -2.21. The molecule has 0 fully saturated rings. The summed E-state index contributed by atoms with van der Waals surface area (Å²) in [6.07, 6.45) is 4.58. The molecule has 2 N–H and O–H groups in total. The summed E-state index contributed by atoms with van der Waals surface area (Å²) in [6.45, 7) is 5.01. The molecule has 0 spiro atoms. The monoisotopic (exact) mass is 224 g/mol. The van der Waals surface area contributed by atoms with Crippen molar-refractivity contribution in [3.8, 4) is 0 Å². The predicted octanol–water partition coefficient (Wildman–Crippen LogP) is 1.57. The van der Waals surface area contributed by atoms with E-state index in [-0.39, 0.29) is 0 Å². The highest BCUT2D eigenvalue weighted by atomic mass is 32.1. The quantitative estimate of drug-likeness (QED) is 0.762. The summed E-state index contributed by atoms with van der Waals surface area (Å²) in [6, 6.07) is 0. The molecule has 0 bridgehead atoms. The number of anilines is 1. The van der Waals surface area contributed by atoms with E-state index in [2.05, 4.69) is 26.1 Å². The average molecular weight is 224 g/mol. The van der Waals surface area contributed by atoms with Crippen molar-refractivity contribution in [2.75, 3.05) is 25.0 Å². The zero-order valence-electron chi connectivity index (χ0n) is 8.92. The van der Waals surface area contributed by atoms with Crippen molar-refractivity contribution in [2.24, 2.45) is 0 Å². The van der Waals surface area contributed by atoms with Gasteiger partial charge in [-0.05, 0) is 26.3 Å². The maximum absolute atomic E-state index is 4.26. The average Bonchev–Trinajstić information content (AvgIpc) is 2.66. The molecule has 0 atom stereocenters. The standard InChI is InChI=1S/C10H16N4S/c1-8-13-10(15-14-8)12-7-4-9-2-5-11-6-3-9/h2,11H,3-7H2,1H3,(H,12,13,14). The Labute approximate surface area is 94.0 Å². The molecule has 82 valence electrons. The van der Waals surface area contributed by atoms with Crippen LogP contribution in [0, 0.1) is 6.92 Å². The minimum Gasteiger partial charge on any atom is -0.360 e. The van der Waals surface area contributed by atoms with Crippen molar-refractivity contribution in [3.05, 3.63) is 17.5 Å². The van der Waals surface area contributed by atoms with Gasteiger partial charge < -0.3 is 10.6 Å². The second-order valence-electron chi connectivity index (χ2n) is 3.64. The minimum atomic E-state index is 0.851. The summed E-state index contributed by atoms with van der Waals surface area (Å²) in [5.74, 6) is 0.851. The number of nitrogens with one attached hydrogen (secondary N) is 2. The third-order valence-electron chi connectivity index (χ3n) is 2.41. The van der Waals surface area contributed by atoms with Crippen LogP contribution in [-0.4, -0.2) is 29.0 Å². The predicted molar refractivity (Wildman–Crippen MR) is 63.3 cm³/mol. The van der Waals surface area contributed by atoms with Crippen molar-refractivity contribution in [1.29, 1.82) is 0 Å². The molecule has 0 saturated carbocycles. The largest absolute Gasteiger partial charge is 0.360 e. The fourth-order valence-electron chi connectivity index (χ4n) is 1.60. The summed E-state index contributed by atoms with van der Waals surface area (Å²) in [7, 11) is 0. The molecule has 1 aromatic heterocycles. The zero-order chi connectivity index (χ0) is 10.5. The molecule has 1 aliphatic heterocycles. The molecule has 1 aromatic rings. The lowest BCUT2D eigenvalue weighted by molar-refractivity contribution is 0.683. The van der Waals surface area contributed by atoms with Crippen molar-refractivity contribution >= 4 is 16.7 Å². The normalized spacial score (nSPS) is 16.2. The summed E-state index contributed by atoms with van der Waals surface area (Å²) in [5.41, 5.74) is 1.54. The highest BCUT2D eigenvalue weighted by Crippen LogP contribution is 2.12. The molecule has 0 saturated heterocycles. The lowest BCUT2D eigenvalue weighted by atomic mass is 10.1. The van der Waals surface area contributed by atoms with E-state index in [4.69, 9.17) is 0 Å². The molecule has 0 aliphatic carbocycles. The number of aryl methyl sites for hydroxylation is 1. The van der Waals surface area contributed by atoms with Crippen LogP contribution in [0.3, 0.4) is 0 Å². The van der Waals surface area contributed by atoms with Crippen molar-refractivity contribution in [1.82, 2.24) is 14.7 Å². The SMILES string of the molecule is Cc1nsc(NCCC2=CCNCC2)n1. The van der Waals surface area contributed by atoms with E-state index in [1.807, 2.05) is 6.92 Å². The molecule has 0 radical (unpaired) electrons. The fraction of sp³-hybridized carbons (Fsp3) is 0.600. The van der Waals surface area contributed by atoms with Crippen LogP contribution in [0.15, 0.2) is 11.6 Å². The number of hydrogen-bond acceptors (Lipinski definition) is 5. The molecule has 15 heavy (non-hydrogen) atoms. The summed E-state index contributed by atoms with van der Waals surface area (Å²) in [4.78, 5) is 4.26. The Morgan fingerprint density at radius 1 is 1.60 bits per heavy atom. The third-order valence-corrected chi connectivity index (χ3v) is 3.17. The van der Waals surface area contributed by atoms with Crippen LogP contribution in [-0.2, 0) is 0 Å². The van der Waals surface area contributed by atoms with Crippen molar-refractivity contribution < 1.29 is 0 Å². The Balaban J connectivity index is 1.72.